The summed E-state index contributed by atoms with van der Waals surface area (Å²) in [6.07, 6.45) is 3.08. The second kappa shape index (κ2) is 14.8. The number of hydrogen-bond acceptors (Lipinski definition) is 6. The quantitative estimate of drug-likeness (QED) is 0.390. The van der Waals surface area contributed by atoms with E-state index in [1.165, 1.54) is 0 Å². The topological polar surface area (TPSA) is 79.9 Å². The number of amides is 3. The summed E-state index contributed by atoms with van der Waals surface area (Å²) in [5, 5.41) is 9.75. The number of urea groups is 1. The summed E-state index contributed by atoms with van der Waals surface area (Å²) in [7, 11) is 1.63. The van der Waals surface area contributed by atoms with Crippen molar-refractivity contribution in [2.24, 2.45) is 0 Å². The van der Waals surface area contributed by atoms with Gasteiger partial charge in [0.2, 0.25) is 0 Å². The van der Waals surface area contributed by atoms with Crippen LogP contribution >= 0.6 is 22.7 Å². The van der Waals surface area contributed by atoms with Gasteiger partial charge in [-0.25, -0.2) is 9.59 Å². The summed E-state index contributed by atoms with van der Waals surface area (Å²) in [4.78, 5) is 29.0. The van der Waals surface area contributed by atoms with E-state index in [1.807, 2.05) is 35.0 Å². The van der Waals surface area contributed by atoms with Crippen LogP contribution in [0.4, 0.5) is 9.59 Å². The van der Waals surface area contributed by atoms with Gasteiger partial charge in [-0.1, -0.05) is 31.9 Å². The second-order valence-electron chi connectivity index (χ2n) is 7.18. The number of methoxy groups -OCH3 is 1. The largest absolute Gasteiger partial charge is 0.447 e. The molecule has 0 saturated carbocycles. The van der Waals surface area contributed by atoms with Gasteiger partial charge in [-0.2, -0.15) is 0 Å². The van der Waals surface area contributed by atoms with Crippen LogP contribution in [0.15, 0.2) is 35.0 Å². The molecule has 0 saturated heterocycles. The van der Waals surface area contributed by atoms with E-state index >= 15 is 0 Å². The summed E-state index contributed by atoms with van der Waals surface area (Å²) in [6, 6.07) is 7.51. The minimum Gasteiger partial charge on any atom is -0.447 e. The van der Waals surface area contributed by atoms with E-state index in [2.05, 4.69) is 17.6 Å². The van der Waals surface area contributed by atoms with Crippen molar-refractivity contribution >= 4 is 34.8 Å². The number of carbonyl (C=O) groups excluding carboxylic acids is 2. The van der Waals surface area contributed by atoms with E-state index < -0.39 is 0 Å². The number of carbonyl (C=O) groups is 2. The molecule has 3 amide bonds. The molecule has 9 heteroatoms. The van der Waals surface area contributed by atoms with Crippen molar-refractivity contribution in [1.29, 1.82) is 0 Å². The molecule has 2 aromatic rings. The average molecular weight is 468 g/mol. The Morgan fingerprint density at radius 3 is 2.32 bits per heavy atom. The maximum atomic E-state index is 12.9. The Morgan fingerprint density at radius 1 is 1.10 bits per heavy atom. The summed E-state index contributed by atoms with van der Waals surface area (Å²) in [5.41, 5.74) is 0. The Morgan fingerprint density at radius 2 is 1.77 bits per heavy atom. The lowest BCUT2D eigenvalue weighted by Crippen LogP contribution is -2.45. The van der Waals surface area contributed by atoms with Crippen molar-refractivity contribution in [2.75, 3.05) is 26.9 Å². The molecule has 0 bridgehead atoms. The third kappa shape index (κ3) is 10.2. The number of unbranched alkanes of at least 4 members (excludes halogenated alkanes) is 1. The molecule has 0 aliphatic heterocycles. The number of rotatable bonds is 14. The Labute approximate surface area is 192 Å². The normalized spacial score (nSPS) is 11.7. The summed E-state index contributed by atoms with van der Waals surface area (Å²) in [5.74, 6) is 0. The molecule has 2 N–H and O–H groups in total. The summed E-state index contributed by atoms with van der Waals surface area (Å²) < 4.78 is 10.6. The lowest BCUT2D eigenvalue weighted by atomic mass is 10.1. The van der Waals surface area contributed by atoms with Crippen LogP contribution in [0.5, 0.6) is 0 Å². The van der Waals surface area contributed by atoms with Crippen LogP contribution in [-0.4, -0.2) is 49.9 Å². The van der Waals surface area contributed by atoms with Crippen molar-refractivity contribution in [1.82, 2.24) is 15.5 Å². The molecule has 1 atom stereocenters. The van der Waals surface area contributed by atoms with Crippen LogP contribution in [0.1, 0.15) is 42.4 Å². The molecular weight excluding hydrogens is 434 g/mol. The van der Waals surface area contributed by atoms with Crippen molar-refractivity contribution in [3.05, 3.63) is 44.8 Å². The molecule has 0 aliphatic rings. The lowest BCUT2D eigenvalue weighted by Gasteiger charge is -2.24. The fourth-order valence-corrected chi connectivity index (χ4v) is 4.37. The molecular formula is C22H33N3O4S2. The van der Waals surface area contributed by atoms with Crippen LogP contribution in [0.2, 0.25) is 0 Å². The zero-order valence-electron chi connectivity index (χ0n) is 18.3. The van der Waals surface area contributed by atoms with E-state index in [0.717, 1.165) is 35.4 Å². The Balaban J connectivity index is 1.89. The highest BCUT2D eigenvalue weighted by Gasteiger charge is 2.20. The van der Waals surface area contributed by atoms with Gasteiger partial charge in [0.1, 0.15) is 6.61 Å². The standard InChI is InChI=1S/C22H33N3O4S2/c1-3-4-8-18(24-21(26)23-11-7-12-28-2)17-29-22(27)25(15-19-9-5-13-30-19)16-20-10-6-14-31-20/h5-6,9-10,13-14,18H,3-4,7-8,11-12,15-17H2,1-2H3,(H2,23,24,26)/t18-/m0/s1. The van der Waals surface area contributed by atoms with Gasteiger partial charge in [-0.05, 0) is 35.7 Å². The molecule has 2 rings (SSSR count). The zero-order chi connectivity index (χ0) is 22.3. The lowest BCUT2D eigenvalue weighted by molar-refractivity contribution is 0.0880. The highest BCUT2D eigenvalue weighted by molar-refractivity contribution is 7.10. The Hall–Kier alpha value is -2.10. The molecule has 2 heterocycles. The first-order chi connectivity index (χ1) is 15.1. The predicted octanol–water partition coefficient (Wildman–Crippen LogP) is 4.84. The SMILES string of the molecule is CCCC[C@@H](COC(=O)N(Cc1cccs1)Cc1cccs1)NC(=O)NCCCOC. The van der Waals surface area contributed by atoms with E-state index in [1.54, 1.807) is 34.7 Å². The zero-order valence-corrected chi connectivity index (χ0v) is 19.9. The fourth-order valence-electron chi connectivity index (χ4n) is 2.93. The van der Waals surface area contributed by atoms with Gasteiger partial charge in [-0.15, -0.1) is 22.7 Å². The van der Waals surface area contributed by atoms with Gasteiger partial charge in [-0.3, -0.25) is 4.90 Å². The van der Waals surface area contributed by atoms with Crippen molar-refractivity contribution in [3.63, 3.8) is 0 Å². The number of nitrogens with zero attached hydrogens (tertiary/aromatic N) is 1. The smallest absolute Gasteiger partial charge is 0.410 e. The van der Waals surface area contributed by atoms with Gasteiger partial charge in [0.15, 0.2) is 0 Å². The molecule has 0 aromatic carbocycles. The van der Waals surface area contributed by atoms with Crippen LogP contribution in [0.3, 0.4) is 0 Å². The van der Waals surface area contributed by atoms with E-state index in [-0.39, 0.29) is 24.8 Å². The molecule has 0 aliphatic carbocycles. The van der Waals surface area contributed by atoms with Crippen LogP contribution in [0.25, 0.3) is 0 Å². The molecule has 172 valence electrons. The van der Waals surface area contributed by atoms with Gasteiger partial charge >= 0.3 is 12.1 Å². The van der Waals surface area contributed by atoms with Crippen molar-refractivity contribution in [2.45, 2.75) is 51.7 Å². The molecule has 0 fully saturated rings. The Kier molecular flexibility index (Phi) is 12.0. The van der Waals surface area contributed by atoms with E-state index in [4.69, 9.17) is 9.47 Å². The van der Waals surface area contributed by atoms with Gasteiger partial charge in [0.25, 0.3) is 0 Å². The van der Waals surface area contributed by atoms with E-state index in [9.17, 15) is 9.59 Å². The minimum absolute atomic E-state index is 0.149. The van der Waals surface area contributed by atoms with Gasteiger partial charge in [0.05, 0.1) is 19.1 Å². The van der Waals surface area contributed by atoms with Gasteiger partial charge < -0.3 is 20.1 Å². The maximum Gasteiger partial charge on any atom is 0.410 e. The third-order valence-electron chi connectivity index (χ3n) is 4.57. The monoisotopic (exact) mass is 467 g/mol. The molecule has 0 spiro atoms. The summed E-state index contributed by atoms with van der Waals surface area (Å²) in [6.45, 7) is 4.38. The number of nitrogens with one attached hydrogen (secondary N) is 2. The van der Waals surface area contributed by atoms with Gasteiger partial charge in [0, 0.05) is 30.0 Å². The molecule has 0 radical (unpaired) electrons. The van der Waals surface area contributed by atoms with Crippen LogP contribution in [0, 0.1) is 0 Å². The highest BCUT2D eigenvalue weighted by atomic mass is 32.1. The minimum atomic E-state index is -0.370. The fraction of sp³-hybridized carbons (Fsp3) is 0.545. The predicted molar refractivity (Wildman–Crippen MR) is 126 cm³/mol. The van der Waals surface area contributed by atoms with Crippen molar-refractivity contribution in [3.8, 4) is 0 Å². The van der Waals surface area contributed by atoms with Crippen LogP contribution in [-0.2, 0) is 22.6 Å². The van der Waals surface area contributed by atoms with Crippen molar-refractivity contribution < 1.29 is 19.1 Å². The number of thiophene rings is 2. The average Bonchev–Trinajstić information content (AvgIpc) is 3.47. The highest BCUT2D eigenvalue weighted by Crippen LogP contribution is 2.18. The first-order valence-corrected chi connectivity index (χ1v) is 12.4. The summed E-state index contributed by atoms with van der Waals surface area (Å²) >= 11 is 3.23. The van der Waals surface area contributed by atoms with E-state index in [0.29, 0.717) is 26.2 Å². The first-order valence-electron chi connectivity index (χ1n) is 10.6. The maximum absolute atomic E-state index is 12.9. The Bertz CT molecular complexity index is 702. The molecule has 2 aromatic heterocycles. The third-order valence-corrected chi connectivity index (χ3v) is 6.29. The molecule has 7 nitrogen and oxygen atoms in total. The number of ether oxygens (including phenoxy) is 2. The molecule has 0 unspecified atom stereocenters. The second-order valence-corrected chi connectivity index (χ2v) is 9.24. The molecule has 31 heavy (non-hydrogen) atoms. The van der Waals surface area contributed by atoms with Crippen LogP contribution < -0.4 is 10.6 Å². The number of hydrogen-bond donors (Lipinski definition) is 2. The first kappa shape index (κ1) is 25.2.